The minimum absolute atomic E-state index is 0.0635. The third-order valence-corrected chi connectivity index (χ3v) is 4.79. The lowest BCUT2D eigenvalue weighted by molar-refractivity contribution is -0.119. The SMILES string of the molecule is COc1cc(C=NNc2nc(-c3ccccc3)c(C#N)c(=O)[nH]2)c(Br)cc1OCC(N)=O. The summed E-state index contributed by atoms with van der Waals surface area (Å²) in [7, 11) is 1.45. The number of aromatic nitrogens is 2. The van der Waals surface area contributed by atoms with Crippen molar-refractivity contribution in [2.45, 2.75) is 0 Å². The summed E-state index contributed by atoms with van der Waals surface area (Å²) in [6.07, 6.45) is 1.46. The Morgan fingerprint density at radius 3 is 2.75 bits per heavy atom. The second-order valence-electron chi connectivity index (χ2n) is 6.27. The number of benzene rings is 2. The highest BCUT2D eigenvalue weighted by Crippen LogP contribution is 2.33. The molecule has 10 nitrogen and oxygen atoms in total. The number of H-pyrrole nitrogens is 1. The average molecular weight is 497 g/mol. The van der Waals surface area contributed by atoms with Crippen molar-refractivity contribution in [3.05, 3.63) is 68.4 Å². The monoisotopic (exact) mass is 496 g/mol. The molecule has 0 saturated heterocycles. The van der Waals surface area contributed by atoms with Crippen molar-refractivity contribution in [2.75, 3.05) is 19.1 Å². The molecule has 0 saturated carbocycles. The number of methoxy groups -OCH3 is 1. The fraction of sp³-hybridized carbons (Fsp3) is 0.0952. The van der Waals surface area contributed by atoms with E-state index in [0.717, 1.165) is 0 Å². The number of primary amides is 1. The van der Waals surface area contributed by atoms with Crippen molar-refractivity contribution in [1.29, 1.82) is 5.26 Å². The van der Waals surface area contributed by atoms with Gasteiger partial charge in [0.15, 0.2) is 18.1 Å². The molecule has 162 valence electrons. The molecule has 0 aliphatic rings. The van der Waals surface area contributed by atoms with Gasteiger partial charge in [0.1, 0.15) is 11.6 Å². The number of hydrogen-bond donors (Lipinski definition) is 3. The van der Waals surface area contributed by atoms with E-state index in [9.17, 15) is 14.9 Å². The van der Waals surface area contributed by atoms with Crippen LogP contribution in [0.15, 0.2) is 56.8 Å². The van der Waals surface area contributed by atoms with E-state index in [4.69, 9.17) is 15.2 Å². The molecular weight excluding hydrogens is 480 g/mol. The van der Waals surface area contributed by atoms with E-state index in [0.29, 0.717) is 27.1 Å². The molecule has 11 heteroatoms. The number of nitriles is 1. The van der Waals surface area contributed by atoms with Gasteiger partial charge in [0.25, 0.3) is 11.5 Å². The van der Waals surface area contributed by atoms with E-state index in [-0.39, 0.29) is 23.8 Å². The lowest BCUT2D eigenvalue weighted by Gasteiger charge is -2.11. The van der Waals surface area contributed by atoms with Gasteiger partial charge in [-0.2, -0.15) is 10.4 Å². The summed E-state index contributed by atoms with van der Waals surface area (Å²) < 4.78 is 11.2. The molecule has 2 aromatic carbocycles. The lowest BCUT2D eigenvalue weighted by atomic mass is 10.1. The molecule has 0 aliphatic carbocycles. The maximum absolute atomic E-state index is 12.3. The van der Waals surface area contributed by atoms with E-state index < -0.39 is 11.5 Å². The lowest BCUT2D eigenvalue weighted by Crippen LogP contribution is -2.20. The fourth-order valence-corrected chi connectivity index (χ4v) is 3.09. The first-order valence-corrected chi connectivity index (χ1v) is 9.89. The molecule has 1 aromatic heterocycles. The zero-order valence-electron chi connectivity index (χ0n) is 16.8. The number of halogens is 1. The molecule has 32 heavy (non-hydrogen) atoms. The van der Waals surface area contributed by atoms with Gasteiger partial charge in [-0.15, -0.1) is 0 Å². The van der Waals surface area contributed by atoms with Crippen molar-refractivity contribution in [1.82, 2.24) is 9.97 Å². The number of nitrogens with one attached hydrogen (secondary N) is 2. The van der Waals surface area contributed by atoms with Crippen molar-refractivity contribution in [2.24, 2.45) is 10.8 Å². The normalized spacial score (nSPS) is 10.5. The standard InChI is InChI=1S/C21H17BrN6O4/c1-31-16-7-13(15(22)8-17(16)32-11-18(24)29)10-25-28-21-26-19(12-5-3-2-4-6-12)14(9-23)20(30)27-21/h2-8,10H,11H2,1H3,(H2,24,29)(H2,26,27,28,30). The van der Waals surface area contributed by atoms with Crippen LogP contribution in [0.5, 0.6) is 11.5 Å². The van der Waals surface area contributed by atoms with Gasteiger partial charge < -0.3 is 15.2 Å². The van der Waals surface area contributed by atoms with Crippen LogP contribution in [0.4, 0.5) is 5.95 Å². The van der Waals surface area contributed by atoms with Crippen LogP contribution in [-0.4, -0.2) is 35.8 Å². The van der Waals surface area contributed by atoms with E-state index in [2.05, 4.69) is 36.4 Å². The number of aromatic amines is 1. The molecule has 0 atom stereocenters. The number of nitrogens with zero attached hydrogens (tertiary/aromatic N) is 3. The van der Waals surface area contributed by atoms with Gasteiger partial charge in [0.2, 0.25) is 5.95 Å². The van der Waals surface area contributed by atoms with E-state index in [1.165, 1.54) is 13.3 Å². The third kappa shape index (κ3) is 5.30. The number of ether oxygens (including phenoxy) is 2. The first-order valence-electron chi connectivity index (χ1n) is 9.10. The Labute approximate surface area is 190 Å². The van der Waals surface area contributed by atoms with Crippen molar-refractivity contribution < 1.29 is 14.3 Å². The van der Waals surface area contributed by atoms with Crippen LogP contribution in [0.3, 0.4) is 0 Å². The second-order valence-corrected chi connectivity index (χ2v) is 7.12. The molecule has 1 heterocycles. The van der Waals surface area contributed by atoms with Crippen LogP contribution >= 0.6 is 15.9 Å². The second kappa shape index (κ2) is 10.2. The topological polar surface area (TPSA) is 155 Å². The first kappa shape index (κ1) is 22.5. The zero-order valence-corrected chi connectivity index (χ0v) is 18.3. The fourth-order valence-electron chi connectivity index (χ4n) is 2.67. The Balaban J connectivity index is 1.86. The number of hydrogen-bond acceptors (Lipinski definition) is 8. The Morgan fingerprint density at radius 2 is 2.09 bits per heavy atom. The number of rotatable bonds is 8. The molecule has 0 radical (unpaired) electrons. The van der Waals surface area contributed by atoms with Crippen molar-refractivity contribution in [3.63, 3.8) is 0 Å². The third-order valence-electron chi connectivity index (χ3n) is 4.11. The van der Waals surface area contributed by atoms with Crippen molar-refractivity contribution >= 4 is 34.0 Å². The van der Waals surface area contributed by atoms with Crippen molar-refractivity contribution in [3.8, 4) is 28.8 Å². The minimum Gasteiger partial charge on any atom is -0.493 e. The Hall–Kier alpha value is -4.17. The number of amides is 1. The van der Waals surface area contributed by atoms with Crippen LogP contribution in [0.25, 0.3) is 11.3 Å². The van der Waals surface area contributed by atoms with E-state index >= 15 is 0 Å². The minimum atomic E-state index is -0.614. The number of carbonyl (C=O) groups excluding carboxylic acids is 1. The highest BCUT2D eigenvalue weighted by atomic mass is 79.9. The maximum atomic E-state index is 12.3. The van der Waals surface area contributed by atoms with Gasteiger partial charge in [-0.3, -0.25) is 14.6 Å². The number of nitrogens with two attached hydrogens (primary N) is 1. The summed E-state index contributed by atoms with van der Waals surface area (Å²) in [5, 5.41) is 13.4. The zero-order chi connectivity index (χ0) is 23.1. The first-order chi connectivity index (χ1) is 15.4. The van der Waals surface area contributed by atoms with Gasteiger partial charge in [-0.05, 0) is 28.1 Å². The van der Waals surface area contributed by atoms with Crippen LogP contribution in [0.2, 0.25) is 0 Å². The molecule has 4 N–H and O–H groups in total. The average Bonchev–Trinajstić information content (AvgIpc) is 2.79. The Bertz CT molecular complexity index is 1270. The Morgan fingerprint density at radius 1 is 1.34 bits per heavy atom. The highest BCUT2D eigenvalue weighted by molar-refractivity contribution is 9.10. The smallest absolute Gasteiger partial charge is 0.270 e. The van der Waals surface area contributed by atoms with E-state index in [1.807, 2.05) is 12.1 Å². The molecule has 3 aromatic rings. The van der Waals surface area contributed by atoms with Crippen LogP contribution < -0.4 is 26.2 Å². The molecule has 3 rings (SSSR count). The van der Waals surface area contributed by atoms with E-state index in [1.54, 1.807) is 36.4 Å². The number of hydrazone groups is 1. The number of carbonyl (C=O) groups is 1. The molecule has 0 aliphatic heterocycles. The van der Waals surface area contributed by atoms with Gasteiger partial charge in [-0.1, -0.05) is 30.3 Å². The highest BCUT2D eigenvalue weighted by Gasteiger charge is 2.13. The summed E-state index contributed by atoms with van der Waals surface area (Å²) in [6, 6.07) is 14.0. The van der Waals surface area contributed by atoms with Crippen LogP contribution in [-0.2, 0) is 4.79 Å². The molecule has 0 unspecified atom stereocenters. The van der Waals surface area contributed by atoms with Gasteiger partial charge in [0, 0.05) is 15.6 Å². The molecule has 1 amide bonds. The number of anilines is 1. The predicted octanol–water partition coefficient (Wildman–Crippen LogP) is 2.39. The van der Waals surface area contributed by atoms with Crippen LogP contribution in [0.1, 0.15) is 11.1 Å². The van der Waals surface area contributed by atoms with Gasteiger partial charge >= 0.3 is 0 Å². The largest absolute Gasteiger partial charge is 0.493 e. The molecule has 0 bridgehead atoms. The summed E-state index contributed by atoms with van der Waals surface area (Å²) in [5.41, 5.74) is 8.56. The summed E-state index contributed by atoms with van der Waals surface area (Å²) in [5.74, 6) is 0.145. The predicted molar refractivity (Wildman–Crippen MR) is 122 cm³/mol. The summed E-state index contributed by atoms with van der Waals surface area (Å²) in [6.45, 7) is -0.292. The van der Waals surface area contributed by atoms with Crippen LogP contribution in [0, 0.1) is 11.3 Å². The quantitative estimate of drug-likeness (QED) is 0.319. The maximum Gasteiger partial charge on any atom is 0.270 e. The Kier molecular flexibility index (Phi) is 7.20. The van der Waals surface area contributed by atoms with Gasteiger partial charge in [0.05, 0.1) is 19.0 Å². The molecular formula is C21H17BrN6O4. The molecule has 0 fully saturated rings. The summed E-state index contributed by atoms with van der Waals surface area (Å²) in [4.78, 5) is 30.0. The van der Waals surface area contributed by atoms with Gasteiger partial charge in [-0.25, -0.2) is 10.4 Å². The summed E-state index contributed by atoms with van der Waals surface area (Å²) >= 11 is 3.40. The molecule has 0 spiro atoms.